The van der Waals surface area contributed by atoms with Crippen LogP contribution in [0.4, 0.5) is 0 Å². The molecular weight excluding hydrogens is 342 g/mol. The molecule has 0 unspecified atom stereocenters. The van der Waals surface area contributed by atoms with Gasteiger partial charge in [-0.2, -0.15) is 0 Å². The summed E-state index contributed by atoms with van der Waals surface area (Å²) >= 11 is 0. The molecule has 7 nitrogen and oxygen atoms in total. The second kappa shape index (κ2) is 8.93. The van der Waals surface area contributed by atoms with Gasteiger partial charge in [0.1, 0.15) is 12.1 Å². The number of nitrogens with zero attached hydrogens (tertiary/aromatic N) is 4. The van der Waals surface area contributed by atoms with Gasteiger partial charge in [0.15, 0.2) is 6.61 Å². The summed E-state index contributed by atoms with van der Waals surface area (Å²) in [5.41, 5.74) is 3.35. The van der Waals surface area contributed by atoms with Crippen molar-refractivity contribution in [2.75, 3.05) is 13.2 Å². The largest absolute Gasteiger partial charge is 0.484 e. The van der Waals surface area contributed by atoms with Crippen molar-refractivity contribution in [1.82, 2.24) is 25.5 Å². The van der Waals surface area contributed by atoms with Crippen LogP contribution in [0.3, 0.4) is 0 Å². The van der Waals surface area contributed by atoms with E-state index in [9.17, 15) is 4.79 Å². The Bertz CT molecular complexity index is 843. The van der Waals surface area contributed by atoms with Gasteiger partial charge in [-0.05, 0) is 58.2 Å². The number of nitrogens with one attached hydrogen (secondary N) is 1. The van der Waals surface area contributed by atoms with E-state index in [0.717, 1.165) is 12.1 Å². The van der Waals surface area contributed by atoms with Gasteiger partial charge >= 0.3 is 0 Å². The Balaban J connectivity index is 1.39. The molecule has 0 bridgehead atoms. The minimum Gasteiger partial charge on any atom is -0.484 e. The molecule has 0 atom stereocenters. The number of carbonyl (C=O) groups is 1. The highest BCUT2D eigenvalue weighted by Gasteiger charge is 2.04. The molecule has 3 rings (SSSR count). The number of ether oxygens (including phenoxy) is 1. The Morgan fingerprint density at radius 3 is 2.48 bits per heavy atom. The second-order valence-electron chi connectivity index (χ2n) is 6.53. The van der Waals surface area contributed by atoms with Crippen molar-refractivity contribution in [2.45, 2.75) is 26.2 Å². The number of rotatable bonds is 8. The minimum atomic E-state index is -0.140. The van der Waals surface area contributed by atoms with Gasteiger partial charge in [-0.15, -0.1) is 5.10 Å². The third kappa shape index (κ3) is 5.37. The Kier molecular flexibility index (Phi) is 6.14. The molecular formula is C20H23N5O2. The Labute approximate surface area is 158 Å². The van der Waals surface area contributed by atoms with Crippen LogP contribution in [0.25, 0.3) is 5.69 Å². The molecule has 0 aliphatic carbocycles. The highest BCUT2D eigenvalue weighted by Crippen LogP contribution is 2.15. The lowest BCUT2D eigenvalue weighted by molar-refractivity contribution is -0.123. The first-order valence-corrected chi connectivity index (χ1v) is 8.93. The molecule has 1 heterocycles. The van der Waals surface area contributed by atoms with Crippen molar-refractivity contribution < 1.29 is 9.53 Å². The average molecular weight is 365 g/mol. The molecule has 3 aromatic rings. The molecule has 1 amide bonds. The average Bonchev–Trinajstić information content (AvgIpc) is 3.22. The summed E-state index contributed by atoms with van der Waals surface area (Å²) in [5, 5.41) is 13.9. The fourth-order valence-corrected chi connectivity index (χ4v) is 2.59. The van der Waals surface area contributed by atoms with Crippen LogP contribution in [-0.2, 0) is 11.2 Å². The number of carbonyl (C=O) groups excluding carboxylic acids is 1. The van der Waals surface area contributed by atoms with Gasteiger partial charge in [-0.25, -0.2) is 4.68 Å². The molecule has 27 heavy (non-hydrogen) atoms. The zero-order chi connectivity index (χ0) is 19.1. The molecule has 0 aliphatic heterocycles. The number of hydrogen-bond acceptors (Lipinski definition) is 5. The quantitative estimate of drug-likeness (QED) is 0.663. The van der Waals surface area contributed by atoms with E-state index in [1.807, 2.05) is 12.1 Å². The molecule has 0 saturated heterocycles. The van der Waals surface area contributed by atoms with Crippen molar-refractivity contribution in [3.05, 3.63) is 66.0 Å². The maximum Gasteiger partial charge on any atom is 0.257 e. The zero-order valence-corrected chi connectivity index (χ0v) is 15.5. The first kappa shape index (κ1) is 18.6. The van der Waals surface area contributed by atoms with Crippen LogP contribution in [0.2, 0.25) is 0 Å². The summed E-state index contributed by atoms with van der Waals surface area (Å²) in [6, 6.07) is 15.7. The number of tetrazole rings is 1. The van der Waals surface area contributed by atoms with Crippen LogP contribution in [0, 0.1) is 0 Å². The van der Waals surface area contributed by atoms with Crippen LogP contribution in [0.5, 0.6) is 5.75 Å². The molecule has 0 fully saturated rings. The monoisotopic (exact) mass is 365 g/mol. The van der Waals surface area contributed by atoms with Gasteiger partial charge in [0.25, 0.3) is 5.91 Å². The summed E-state index contributed by atoms with van der Waals surface area (Å²) in [4.78, 5) is 11.9. The van der Waals surface area contributed by atoms with E-state index in [-0.39, 0.29) is 12.5 Å². The van der Waals surface area contributed by atoms with Crippen molar-refractivity contribution in [1.29, 1.82) is 0 Å². The van der Waals surface area contributed by atoms with Gasteiger partial charge in [0, 0.05) is 6.54 Å². The van der Waals surface area contributed by atoms with Gasteiger partial charge in [0.2, 0.25) is 0 Å². The van der Waals surface area contributed by atoms with E-state index < -0.39 is 0 Å². The summed E-state index contributed by atoms with van der Waals surface area (Å²) in [6.45, 7) is 4.92. The van der Waals surface area contributed by atoms with Gasteiger partial charge < -0.3 is 10.1 Å². The predicted octanol–water partition coefficient (Wildman–Crippen LogP) is 2.52. The topological polar surface area (TPSA) is 81.9 Å². The van der Waals surface area contributed by atoms with E-state index in [2.05, 4.69) is 59.0 Å². The smallest absolute Gasteiger partial charge is 0.257 e. The third-order valence-electron chi connectivity index (χ3n) is 4.20. The third-order valence-corrected chi connectivity index (χ3v) is 4.20. The summed E-state index contributed by atoms with van der Waals surface area (Å²) in [6.07, 6.45) is 2.31. The Morgan fingerprint density at radius 2 is 1.85 bits per heavy atom. The van der Waals surface area contributed by atoms with Gasteiger partial charge in [-0.1, -0.05) is 38.1 Å². The molecule has 0 saturated carbocycles. The zero-order valence-electron chi connectivity index (χ0n) is 15.5. The summed E-state index contributed by atoms with van der Waals surface area (Å²) < 4.78 is 7.06. The second-order valence-corrected chi connectivity index (χ2v) is 6.53. The molecule has 7 heteroatoms. The lowest BCUT2D eigenvalue weighted by atomic mass is 10.0. The van der Waals surface area contributed by atoms with Crippen LogP contribution >= 0.6 is 0 Å². The first-order chi connectivity index (χ1) is 13.1. The van der Waals surface area contributed by atoms with E-state index >= 15 is 0 Å². The number of aromatic nitrogens is 4. The fraction of sp³-hybridized carbons (Fsp3) is 0.300. The maximum absolute atomic E-state index is 11.9. The van der Waals surface area contributed by atoms with Crippen molar-refractivity contribution in [3.8, 4) is 11.4 Å². The number of benzene rings is 2. The fourth-order valence-electron chi connectivity index (χ4n) is 2.59. The molecule has 2 aromatic carbocycles. The summed E-state index contributed by atoms with van der Waals surface area (Å²) in [5.74, 6) is 1.00. The highest BCUT2D eigenvalue weighted by atomic mass is 16.5. The standard InChI is InChI=1S/C20H23N5O2/c1-15(2)17-5-3-16(4-6-17)11-12-21-20(26)13-27-19-9-7-18(8-10-19)25-14-22-23-24-25/h3-10,14-15H,11-13H2,1-2H3,(H,21,26). The summed E-state index contributed by atoms with van der Waals surface area (Å²) in [7, 11) is 0. The molecule has 0 spiro atoms. The molecule has 1 N–H and O–H groups in total. The van der Waals surface area contributed by atoms with E-state index in [1.165, 1.54) is 17.5 Å². The lowest BCUT2D eigenvalue weighted by Crippen LogP contribution is -2.30. The normalized spacial score (nSPS) is 10.8. The molecule has 0 aliphatic rings. The predicted molar refractivity (Wildman–Crippen MR) is 102 cm³/mol. The number of hydrogen-bond donors (Lipinski definition) is 1. The van der Waals surface area contributed by atoms with Crippen LogP contribution in [0.15, 0.2) is 54.9 Å². The van der Waals surface area contributed by atoms with Crippen LogP contribution in [0.1, 0.15) is 30.9 Å². The van der Waals surface area contributed by atoms with Crippen molar-refractivity contribution >= 4 is 5.91 Å². The van der Waals surface area contributed by atoms with E-state index in [0.29, 0.717) is 18.2 Å². The van der Waals surface area contributed by atoms with Crippen LogP contribution in [-0.4, -0.2) is 39.3 Å². The first-order valence-electron chi connectivity index (χ1n) is 8.93. The lowest BCUT2D eigenvalue weighted by Gasteiger charge is -2.09. The molecule has 1 aromatic heterocycles. The SMILES string of the molecule is CC(C)c1ccc(CCNC(=O)COc2ccc(-n3cnnn3)cc2)cc1. The van der Waals surface area contributed by atoms with E-state index in [1.54, 1.807) is 16.8 Å². The van der Waals surface area contributed by atoms with Crippen molar-refractivity contribution in [2.24, 2.45) is 0 Å². The van der Waals surface area contributed by atoms with Crippen molar-refractivity contribution in [3.63, 3.8) is 0 Å². The van der Waals surface area contributed by atoms with Gasteiger partial charge in [0.05, 0.1) is 5.69 Å². The number of amides is 1. The minimum absolute atomic E-state index is 0.0173. The highest BCUT2D eigenvalue weighted by molar-refractivity contribution is 5.77. The van der Waals surface area contributed by atoms with Crippen LogP contribution < -0.4 is 10.1 Å². The van der Waals surface area contributed by atoms with E-state index in [4.69, 9.17) is 4.74 Å². The molecule has 0 radical (unpaired) electrons. The van der Waals surface area contributed by atoms with Gasteiger partial charge in [-0.3, -0.25) is 4.79 Å². The Morgan fingerprint density at radius 1 is 1.11 bits per heavy atom. The maximum atomic E-state index is 11.9. The Hall–Kier alpha value is -3.22. The molecule has 140 valence electrons.